The Kier molecular flexibility index (Phi) is 15.7. The Bertz CT molecular complexity index is 761. The third kappa shape index (κ3) is 12.6. The Morgan fingerprint density at radius 1 is 0.684 bits per heavy atom. The van der Waals surface area contributed by atoms with E-state index in [1.54, 1.807) is 0 Å². The minimum atomic E-state index is -0.719. The second-order valence-electron chi connectivity index (χ2n) is 13.9. The van der Waals surface area contributed by atoms with E-state index in [0.717, 1.165) is 29.5 Å². The number of aromatic hydroxyl groups is 1. The van der Waals surface area contributed by atoms with Crippen LogP contribution in [0, 0.1) is 5.92 Å². The van der Waals surface area contributed by atoms with Crippen LogP contribution in [0.3, 0.4) is 0 Å². The first-order chi connectivity index (χ1) is 17.8. The molecule has 0 saturated heterocycles. The zero-order valence-corrected chi connectivity index (χ0v) is 26.4. The van der Waals surface area contributed by atoms with Crippen LogP contribution in [0.4, 0.5) is 0 Å². The van der Waals surface area contributed by atoms with Crippen molar-refractivity contribution in [1.82, 2.24) is 0 Å². The SMILES string of the molecule is CCCCCCCCCCCC(CCCCCC)C(CC(=O)O)c1cc(C(C)(C)C)c(O)c(C(C)(C)C)c1. The number of phenolic OH excluding ortho intramolecular Hbond substituents is 1. The van der Waals surface area contributed by atoms with Gasteiger partial charge in [0.2, 0.25) is 0 Å². The van der Waals surface area contributed by atoms with Gasteiger partial charge in [-0.15, -0.1) is 0 Å². The van der Waals surface area contributed by atoms with Crippen LogP contribution in [0.1, 0.15) is 181 Å². The summed E-state index contributed by atoms with van der Waals surface area (Å²) >= 11 is 0. The molecule has 0 heterocycles. The quantitative estimate of drug-likeness (QED) is 0.175. The van der Waals surface area contributed by atoms with Gasteiger partial charge in [-0.2, -0.15) is 0 Å². The van der Waals surface area contributed by atoms with Crippen molar-refractivity contribution in [3.8, 4) is 5.75 Å². The van der Waals surface area contributed by atoms with Crippen LogP contribution in [-0.2, 0) is 15.6 Å². The van der Waals surface area contributed by atoms with E-state index in [9.17, 15) is 15.0 Å². The minimum absolute atomic E-state index is 0.0222. The van der Waals surface area contributed by atoms with Crippen molar-refractivity contribution >= 4 is 5.97 Å². The number of rotatable bonds is 19. The van der Waals surface area contributed by atoms with E-state index in [1.165, 1.54) is 83.5 Å². The second-order valence-corrected chi connectivity index (χ2v) is 13.9. The Morgan fingerprint density at radius 3 is 1.42 bits per heavy atom. The smallest absolute Gasteiger partial charge is 0.303 e. The highest BCUT2D eigenvalue weighted by Crippen LogP contribution is 2.44. The van der Waals surface area contributed by atoms with Crippen molar-refractivity contribution in [2.24, 2.45) is 5.92 Å². The monoisotopic (exact) mass is 530 g/mol. The predicted octanol–water partition coefficient (Wildman–Crippen LogP) is 11.1. The molecule has 0 radical (unpaired) electrons. The van der Waals surface area contributed by atoms with Gasteiger partial charge >= 0.3 is 5.97 Å². The molecular formula is C35H62O3. The summed E-state index contributed by atoms with van der Waals surface area (Å²) in [5.74, 6) is -0.00625. The van der Waals surface area contributed by atoms with Crippen molar-refractivity contribution < 1.29 is 15.0 Å². The average molecular weight is 531 g/mol. The maximum Gasteiger partial charge on any atom is 0.303 e. The van der Waals surface area contributed by atoms with Crippen molar-refractivity contribution in [2.45, 2.75) is 175 Å². The van der Waals surface area contributed by atoms with Crippen LogP contribution in [0.15, 0.2) is 12.1 Å². The molecule has 2 unspecified atom stereocenters. The molecule has 38 heavy (non-hydrogen) atoms. The fourth-order valence-electron chi connectivity index (χ4n) is 5.86. The third-order valence-electron chi connectivity index (χ3n) is 8.25. The normalized spacial score (nSPS) is 14.0. The molecule has 0 spiro atoms. The third-order valence-corrected chi connectivity index (χ3v) is 8.25. The number of benzene rings is 1. The fourth-order valence-corrected chi connectivity index (χ4v) is 5.86. The molecular weight excluding hydrogens is 468 g/mol. The lowest BCUT2D eigenvalue weighted by Gasteiger charge is -2.32. The lowest BCUT2D eigenvalue weighted by Crippen LogP contribution is -2.22. The van der Waals surface area contributed by atoms with Gasteiger partial charge in [0.05, 0.1) is 6.42 Å². The number of unbranched alkanes of at least 4 members (excludes halogenated alkanes) is 11. The number of aliphatic carboxylic acids is 1. The standard InChI is InChI=1S/C35H62O3/c1-9-11-13-15-16-17-18-19-21-23-27(22-20-14-12-10-2)29(26-32(36)37)28-24-30(34(3,4)5)33(38)31(25-28)35(6,7)8/h24-25,27,29,38H,9-23,26H2,1-8H3,(H,36,37). The first-order valence-electron chi connectivity index (χ1n) is 15.9. The second kappa shape index (κ2) is 17.2. The van der Waals surface area contributed by atoms with Gasteiger partial charge in [-0.3, -0.25) is 4.79 Å². The molecule has 3 heteroatoms. The Morgan fingerprint density at radius 2 is 1.05 bits per heavy atom. The number of carboxylic acids is 1. The molecule has 1 aromatic rings. The van der Waals surface area contributed by atoms with E-state index in [0.29, 0.717) is 11.7 Å². The fraction of sp³-hybridized carbons (Fsp3) is 0.800. The zero-order chi connectivity index (χ0) is 28.8. The highest BCUT2D eigenvalue weighted by Gasteiger charge is 2.31. The Labute approximate surface area is 236 Å². The van der Waals surface area contributed by atoms with Crippen LogP contribution in [0.5, 0.6) is 5.75 Å². The van der Waals surface area contributed by atoms with Crippen LogP contribution in [0.2, 0.25) is 0 Å². The highest BCUT2D eigenvalue weighted by atomic mass is 16.4. The molecule has 220 valence electrons. The maximum absolute atomic E-state index is 12.2. The van der Waals surface area contributed by atoms with Gasteiger partial charge < -0.3 is 10.2 Å². The van der Waals surface area contributed by atoms with E-state index in [1.807, 2.05) is 0 Å². The van der Waals surface area contributed by atoms with Gasteiger partial charge in [0.1, 0.15) is 5.75 Å². The van der Waals surface area contributed by atoms with Gasteiger partial charge in [-0.05, 0) is 52.2 Å². The Balaban J connectivity index is 3.20. The highest BCUT2D eigenvalue weighted by molar-refractivity contribution is 5.68. The summed E-state index contributed by atoms with van der Waals surface area (Å²) < 4.78 is 0. The van der Waals surface area contributed by atoms with Crippen LogP contribution in [-0.4, -0.2) is 16.2 Å². The largest absolute Gasteiger partial charge is 0.507 e. The van der Waals surface area contributed by atoms with Gasteiger partial charge in [-0.25, -0.2) is 0 Å². The predicted molar refractivity (Wildman–Crippen MR) is 165 cm³/mol. The topological polar surface area (TPSA) is 57.5 Å². The molecule has 0 aliphatic rings. The maximum atomic E-state index is 12.2. The summed E-state index contributed by atoms with van der Waals surface area (Å²) in [6, 6.07) is 4.26. The molecule has 0 aliphatic carbocycles. The summed E-state index contributed by atoms with van der Waals surface area (Å²) in [6.45, 7) is 17.3. The van der Waals surface area contributed by atoms with Crippen molar-refractivity contribution in [1.29, 1.82) is 0 Å². The number of carbonyl (C=O) groups is 1. The van der Waals surface area contributed by atoms with E-state index in [-0.39, 0.29) is 23.2 Å². The van der Waals surface area contributed by atoms with Gasteiger partial charge in [0, 0.05) is 0 Å². The van der Waals surface area contributed by atoms with E-state index in [4.69, 9.17) is 0 Å². The molecule has 0 fully saturated rings. The average Bonchev–Trinajstić information content (AvgIpc) is 2.81. The van der Waals surface area contributed by atoms with E-state index < -0.39 is 5.97 Å². The number of phenols is 1. The van der Waals surface area contributed by atoms with Crippen LogP contribution in [0.25, 0.3) is 0 Å². The molecule has 0 amide bonds. The Hall–Kier alpha value is -1.51. The van der Waals surface area contributed by atoms with Crippen molar-refractivity contribution in [2.75, 3.05) is 0 Å². The number of carboxylic acid groups (broad SMARTS) is 1. The first kappa shape index (κ1) is 34.5. The minimum Gasteiger partial charge on any atom is -0.507 e. The van der Waals surface area contributed by atoms with Crippen LogP contribution >= 0.6 is 0 Å². The summed E-state index contributed by atoms with van der Waals surface area (Å²) in [4.78, 5) is 12.2. The molecule has 0 saturated carbocycles. The molecule has 0 aromatic heterocycles. The molecule has 3 nitrogen and oxygen atoms in total. The molecule has 1 aromatic carbocycles. The molecule has 2 N–H and O–H groups in total. The molecule has 2 atom stereocenters. The van der Waals surface area contributed by atoms with Crippen LogP contribution < -0.4 is 0 Å². The summed E-state index contributed by atoms with van der Waals surface area (Å²) in [6.07, 6.45) is 19.0. The van der Waals surface area contributed by atoms with Gasteiger partial charge in [-0.1, -0.05) is 151 Å². The van der Waals surface area contributed by atoms with Crippen molar-refractivity contribution in [3.05, 3.63) is 28.8 Å². The van der Waals surface area contributed by atoms with E-state index in [2.05, 4.69) is 67.5 Å². The van der Waals surface area contributed by atoms with Gasteiger partial charge in [0.25, 0.3) is 0 Å². The molecule has 1 rings (SSSR count). The summed E-state index contributed by atoms with van der Waals surface area (Å²) in [7, 11) is 0. The lowest BCUT2D eigenvalue weighted by molar-refractivity contribution is -0.137. The molecule has 0 bridgehead atoms. The first-order valence-corrected chi connectivity index (χ1v) is 15.9. The summed E-state index contributed by atoms with van der Waals surface area (Å²) in [5.41, 5.74) is 2.53. The molecule has 0 aliphatic heterocycles. The number of hydrogen-bond acceptors (Lipinski definition) is 2. The van der Waals surface area contributed by atoms with Gasteiger partial charge in [0.15, 0.2) is 0 Å². The summed E-state index contributed by atoms with van der Waals surface area (Å²) in [5, 5.41) is 21.3. The van der Waals surface area contributed by atoms with Crippen molar-refractivity contribution in [3.63, 3.8) is 0 Å². The van der Waals surface area contributed by atoms with E-state index >= 15 is 0 Å². The zero-order valence-electron chi connectivity index (χ0n) is 26.4. The number of hydrogen-bond donors (Lipinski definition) is 2. The lowest BCUT2D eigenvalue weighted by atomic mass is 9.73.